The molecule has 0 atom stereocenters. The molecule has 2 nitrogen and oxygen atoms in total. The summed E-state index contributed by atoms with van der Waals surface area (Å²) in [7, 11) is 0. The summed E-state index contributed by atoms with van der Waals surface area (Å²) in [5.41, 5.74) is 1.33. The summed E-state index contributed by atoms with van der Waals surface area (Å²) in [5.74, 6) is 0. The van der Waals surface area contributed by atoms with Gasteiger partial charge in [0, 0.05) is 18.8 Å². The summed E-state index contributed by atoms with van der Waals surface area (Å²) in [6, 6.07) is 10.5. The number of hydrogen-bond donors (Lipinski definition) is 2. The van der Waals surface area contributed by atoms with Gasteiger partial charge in [0.05, 0.1) is 0 Å². The van der Waals surface area contributed by atoms with Crippen molar-refractivity contribution < 1.29 is 0 Å². The molecule has 0 amide bonds. The third-order valence-electron chi connectivity index (χ3n) is 2.29. The normalized spacial score (nSPS) is 17.9. The Morgan fingerprint density at radius 3 is 2.31 bits per heavy atom. The molecule has 0 unspecified atom stereocenters. The maximum Gasteiger partial charge on any atom is 0.108 e. The van der Waals surface area contributed by atoms with Crippen molar-refractivity contribution in [1.82, 2.24) is 10.6 Å². The fourth-order valence-corrected chi connectivity index (χ4v) is 1.60. The molecule has 68 valence electrons. The van der Waals surface area contributed by atoms with Crippen molar-refractivity contribution in [2.45, 2.75) is 19.0 Å². The minimum Gasteiger partial charge on any atom is -0.368 e. The fourth-order valence-electron chi connectivity index (χ4n) is 1.60. The lowest BCUT2D eigenvalue weighted by Gasteiger charge is -2.26. The summed E-state index contributed by atoms with van der Waals surface area (Å²) in [4.78, 5) is 0. The molecule has 0 saturated carbocycles. The van der Waals surface area contributed by atoms with Crippen LogP contribution in [0.3, 0.4) is 0 Å². The third-order valence-corrected chi connectivity index (χ3v) is 2.29. The Morgan fingerprint density at radius 1 is 1.08 bits per heavy atom. The number of benzene rings is 1. The van der Waals surface area contributed by atoms with Gasteiger partial charge in [0.15, 0.2) is 0 Å². The number of nitrogens with one attached hydrogen (secondary N) is 2. The Balaban J connectivity index is 2.06. The van der Waals surface area contributed by atoms with Gasteiger partial charge in [-0.25, -0.2) is 0 Å². The first-order valence-electron chi connectivity index (χ1n) is 4.53. The Kier molecular flexibility index (Phi) is 1.97. The van der Waals surface area contributed by atoms with Gasteiger partial charge in [-0.1, -0.05) is 30.3 Å². The molecule has 0 aromatic heterocycles. The van der Waals surface area contributed by atoms with Gasteiger partial charge in [-0.15, -0.1) is 0 Å². The van der Waals surface area contributed by atoms with Gasteiger partial charge in [0.25, 0.3) is 0 Å². The van der Waals surface area contributed by atoms with Gasteiger partial charge in [0.2, 0.25) is 0 Å². The standard InChI is InChI=1S/C11H14N2/c1-11(12-7-8-13-11)9-10-5-3-2-4-6-10/h2-8,12-13H,9H2,1H3. The van der Waals surface area contributed by atoms with Gasteiger partial charge >= 0.3 is 0 Å². The molecule has 13 heavy (non-hydrogen) atoms. The van der Waals surface area contributed by atoms with E-state index in [4.69, 9.17) is 0 Å². The van der Waals surface area contributed by atoms with Crippen LogP contribution in [0.2, 0.25) is 0 Å². The van der Waals surface area contributed by atoms with Gasteiger partial charge in [0.1, 0.15) is 5.66 Å². The Bertz CT molecular complexity index is 295. The van der Waals surface area contributed by atoms with Crippen LogP contribution in [0.15, 0.2) is 42.7 Å². The van der Waals surface area contributed by atoms with Crippen LogP contribution < -0.4 is 10.6 Å². The first kappa shape index (κ1) is 8.17. The zero-order valence-electron chi connectivity index (χ0n) is 7.75. The zero-order chi connectivity index (χ0) is 9.15. The fraction of sp³-hybridized carbons (Fsp3) is 0.273. The summed E-state index contributed by atoms with van der Waals surface area (Å²) >= 11 is 0. The second-order valence-electron chi connectivity index (χ2n) is 3.62. The van der Waals surface area contributed by atoms with Crippen LogP contribution in [-0.4, -0.2) is 5.66 Å². The molecular weight excluding hydrogens is 160 g/mol. The van der Waals surface area contributed by atoms with E-state index >= 15 is 0 Å². The second-order valence-corrected chi connectivity index (χ2v) is 3.62. The molecule has 0 aliphatic carbocycles. The molecule has 1 aromatic rings. The molecular formula is C11H14N2. The van der Waals surface area contributed by atoms with E-state index in [0.29, 0.717) is 0 Å². The summed E-state index contributed by atoms with van der Waals surface area (Å²) in [6.45, 7) is 2.15. The summed E-state index contributed by atoms with van der Waals surface area (Å²) in [5, 5.41) is 6.58. The molecule has 0 bridgehead atoms. The van der Waals surface area contributed by atoms with E-state index in [1.807, 2.05) is 18.5 Å². The minimum absolute atomic E-state index is 0.0125. The highest BCUT2D eigenvalue weighted by Gasteiger charge is 2.23. The lowest BCUT2D eigenvalue weighted by Crippen LogP contribution is -2.47. The van der Waals surface area contributed by atoms with Crippen LogP contribution in [0, 0.1) is 0 Å². The maximum atomic E-state index is 3.29. The molecule has 2 heteroatoms. The predicted molar refractivity (Wildman–Crippen MR) is 54.0 cm³/mol. The average molecular weight is 174 g/mol. The molecule has 0 saturated heterocycles. The van der Waals surface area contributed by atoms with E-state index < -0.39 is 0 Å². The van der Waals surface area contributed by atoms with Crippen LogP contribution in [0.5, 0.6) is 0 Å². The SMILES string of the molecule is CC1(Cc2ccccc2)NC=CN1. The molecule has 1 aliphatic heterocycles. The number of hydrogen-bond acceptors (Lipinski definition) is 2. The van der Waals surface area contributed by atoms with E-state index in [1.54, 1.807) is 0 Å². The van der Waals surface area contributed by atoms with Crippen LogP contribution in [0.4, 0.5) is 0 Å². The molecule has 0 spiro atoms. The zero-order valence-corrected chi connectivity index (χ0v) is 7.75. The lowest BCUT2D eigenvalue weighted by molar-refractivity contribution is 0.380. The Hall–Kier alpha value is -1.44. The monoisotopic (exact) mass is 174 g/mol. The van der Waals surface area contributed by atoms with Crippen molar-refractivity contribution in [2.75, 3.05) is 0 Å². The molecule has 1 aliphatic rings. The van der Waals surface area contributed by atoms with Crippen molar-refractivity contribution in [1.29, 1.82) is 0 Å². The minimum atomic E-state index is -0.0125. The first-order chi connectivity index (χ1) is 6.29. The van der Waals surface area contributed by atoms with E-state index in [9.17, 15) is 0 Å². The van der Waals surface area contributed by atoms with Gasteiger partial charge in [-0.2, -0.15) is 0 Å². The van der Waals surface area contributed by atoms with Gasteiger partial charge in [-0.3, -0.25) is 0 Å². The Labute approximate surface area is 78.7 Å². The molecule has 0 fully saturated rings. The van der Waals surface area contributed by atoms with Gasteiger partial charge in [-0.05, 0) is 12.5 Å². The summed E-state index contributed by atoms with van der Waals surface area (Å²) < 4.78 is 0. The van der Waals surface area contributed by atoms with E-state index in [-0.39, 0.29) is 5.66 Å². The van der Waals surface area contributed by atoms with Crippen molar-refractivity contribution in [3.63, 3.8) is 0 Å². The van der Waals surface area contributed by atoms with Crippen LogP contribution >= 0.6 is 0 Å². The van der Waals surface area contributed by atoms with Crippen LogP contribution in [-0.2, 0) is 6.42 Å². The number of rotatable bonds is 2. The average Bonchev–Trinajstić information content (AvgIpc) is 2.54. The van der Waals surface area contributed by atoms with Crippen LogP contribution in [0.25, 0.3) is 0 Å². The van der Waals surface area contributed by atoms with Crippen LogP contribution in [0.1, 0.15) is 12.5 Å². The van der Waals surface area contributed by atoms with Crippen molar-refractivity contribution in [2.24, 2.45) is 0 Å². The Morgan fingerprint density at radius 2 is 1.69 bits per heavy atom. The first-order valence-corrected chi connectivity index (χ1v) is 4.53. The van der Waals surface area contributed by atoms with E-state index in [2.05, 4.69) is 41.8 Å². The van der Waals surface area contributed by atoms with Crippen molar-refractivity contribution in [3.05, 3.63) is 48.3 Å². The van der Waals surface area contributed by atoms with E-state index in [1.165, 1.54) is 5.56 Å². The van der Waals surface area contributed by atoms with Crippen molar-refractivity contribution >= 4 is 0 Å². The predicted octanol–water partition coefficient (Wildman–Crippen LogP) is 1.61. The lowest BCUT2D eigenvalue weighted by atomic mass is 10.0. The molecule has 0 radical (unpaired) electrons. The van der Waals surface area contributed by atoms with Crippen molar-refractivity contribution in [3.8, 4) is 0 Å². The highest BCUT2D eigenvalue weighted by Crippen LogP contribution is 2.12. The molecule has 2 rings (SSSR count). The largest absolute Gasteiger partial charge is 0.368 e. The van der Waals surface area contributed by atoms with E-state index in [0.717, 1.165) is 6.42 Å². The topological polar surface area (TPSA) is 24.1 Å². The van der Waals surface area contributed by atoms with Gasteiger partial charge < -0.3 is 10.6 Å². The molecule has 1 aromatic carbocycles. The second kappa shape index (κ2) is 3.13. The third kappa shape index (κ3) is 1.83. The molecule has 2 N–H and O–H groups in total. The maximum absolute atomic E-state index is 3.29. The smallest absolute Gasteiger partial charge is 0.108 e. The quantitative estimate of drug-likeness (QED) is 0.711. The highest BCUT2D eigenvalue weighted by atomic mass is 15.2. The summed E-state index contributed by atoms with van der Waals surface area (Å²) in [6.07, 6.45) is 4.88. The highest BCUT2D eigenvalue weighted by molar-refractivity contribution is 5.18. The molecule has 1 heterocycles.